The van der Waals surface area contributed by atoms with Crippen molar-refractivity contribution in [1.82, 2.24) is 4.98 Å². The summed E-state index contributed by atoms with van der Waals surface area (Å²) in [7, 11) is 0. The van der Waals surface area contributed by atoms with E-state index in [-0.39, 0.29) is 24.1 Å². The van der Waals surface area contributed by atoms with E-state index in [2.05, 4.69) is 10.3 Å². The predicted octanol–water partition coefficient (Wildman–Crippen LogP) is 2.03. The highest BCUT2D eigenvalue weighted by atomic mass is 32.2. The van der Waals surface area contributed by atoms with E-state index in [0.29, 0.717) is 22.0 Å². The maximum absolute atomic E-state index is 12.5. The lowest BCUT2D eigenvalue weighted by atomic mass is 10.2. The second-order valence-corrected chi connectivity index (χ2v) is 5.82. The van der Waals surface area contributed by atoms with E-state index in [1.54, 1.807) is 30.3 Å². The number of carbonyl (C=O) groups is 2. The van der Waals surface area contributed by atoms with Crippen LogP contribution < -0.4 is 10.2 Å². The number of thioether (sulfide) groups is 1. The van der Waals surface area contributed by atoms with Gasteiger partial charge in [0, 0.05) is 6.20 Å². The average Bonchev–Trinajstić information content (AvgIpc) is 2.59. The Bertz CT molecular complexity index is 816. The number of nitrogens with one attached hydrogen (secondary N) is 1. The number of para-hydroxylation sites is 2. The molecular formula is C16H12N4O2S. The van der Waals surface area contributed by atoms with Crippen molar-refractivity contribution in [2.75, 3.05) is 22.5 Å². The van der Waals surface area contributed by atoms with Crippen molar-refractivity contribution in [2.45, 2.75) is 5.03 Å². The van der Waals surface area contributed by atoms with E-state index in [0.717, 1.165) is 0 Å². The van der Waals surface area contributed by atoms with Gasteiger partial charge in [-0.25, -0.2) is 4.98 Å². The molecule has 0 fully saturated rings. The van der Waals surface area contributed by atoms with Gasteiger partial charge in [0.1, 0.15) is 6.54 Å². The molecule has 0 atom stereocenters. The Morgan fingerprint density at radius 3 is 3.04 bits per heavy atom. The third-order valence-corrected chi connectivity index (χ3v) is 4.19. The first kappa shape index (κ1) is 15.1. The Labute approximate surface area is 137 Å². The Morgan fingerprint density at radius 1 is 1.39 bits per heavy atom. The van der Waals surface area contributed by atoms with Gasteiger partial charge in [-0.15, -0.1) is 0 Å². The van der Waals surface area contributed by atoms with Gasteiger partial charge in [-0.2, -0.15) is 5.26 Å². The fourth-order valence-corrected chi connectivity index (χ4v) is 3.00. The first-order chi connectivity index (χ1) is 11.2. The number of carbonyl (C=O) groups excluding carboxylic acids is 2. The minimum Gasteiger partial charge on any atom is -0.323 e. The monoisotopic (exact) mass is 324 g/mol. The second-order valence-electron chi connectivity index (χ2n) is 4.83. The van der Waals surface area contributed by atoms with Crippen molar-refractivity contribution < 1.29 is 9.59 Å². The third kappa shape index (κ3) is 3.33. The topological polar surface area (TPSA) is 86.1 Å². The fraction of sp³-hybridized carbons (Fsp3) is 0.125. The molecule has 1 N–H and O–H groups in total. The van der Waals surface area contributed by atoms with Crippen molar-refractivity contribution in [2.24, 2.45) is 0 Å². The molecule has 1 aromatic heterocycles. The van der Waals surface area contributed by atoms with Gasteiger partial charge >= 0.3 is 0 Å². The number of amides is 2. The summed E-state index contributed by atoms with van der Waals surface area (Å²) in [5.41, 5.74) is 1.82. The van der Waals surface area contributed by atoms with Crippen LogP contribution in [0.3, 0.4) is 0 Å². The lowest BCUT2D eigenvalue weighted by molar-refractivity contribution is -0.120. The molecule has 7 heteroatoms. The smallest absolute Gasteiger partial charge is 0.244 e. The lowest BCUT2D eigenvalue weighted by Crippen LogP contribution is -2.43. The quantitative estimate of drug-likeness (QED) is 0.873. The zero-order valence-corrected chi connectivity index (χ0v) is 12.8. The third-order valence-electron chi connectivity index (χ3n) is 3.28. The SMILES string of the molecule is N#Cc1ccnc(SCC(=O)N2CC(=O)Nc3ccccc32)c1. The molecule has 0 saturated carbocycles. The number of fused-ring (bicyclic) bond motifs is 1. The Morgan fingerprint density at radius 2 is 2.22 bits per heavy atom. The van der Waals surface area contributed by atoms with Crippen molar-refractivity contribution in [1.29, 1.82) is 5.26 Å². The highest BCUT2D eigenvalue weighted by Gasteiger charge is 2.26. The number of pyridine rings is 1. The zero-order chi connectivity index (χ0) is 16.2. The summed E-state index contributed by atoms with van der Waals surface area (Å²) < 4.78 is 0. The molecule has 0 saturated heterocycles. The molecule has 0 spiro atoms. The van der Waals surface area contributed by atoms with Crippen molar-refractivity contribution in [3.63, 3.8) is 0 Å². The molecule has 2 amide bonds. The molecule has 1 aliphatic rings. The minimum absolute atomic E-state index is 0.00205. The van der Waals surface area contributed by atoms with Crippen LogP contribution in [-0.4, -0.2) is 29.1 Å². The van der Waals surface area contributed by atoms with E-state index in [4.69, 9.17) is 5.26 Å². The van der Waals surface area contributed by atoms with Crippen LogP contribution in [0.15, 0.2) is 47.6 Å². The normalized spacial score (nSPS) is 13.0. The predicted molar refractivity (Wildman–Crippen MR) is 87.1 cm³/mol. The summed E-state index contributed by atoms with van der Waals surface area (Å²) in [5, 5.41) is 12.2. The van der Waals surface area contributed by atoms with Gasteiger partial charge in [-0.05, 0) is 24.3 Å². The van der Waals surface area contributed by atoms with Crippen molar-refractivity contribution in [3.8, 4) is 6.07 Å². The number of nitriles is 1. The number of rotatable bonds is 3. The number of hydrogen-bond donors (Lipinski definition) is 1. The number of benzene rings is 1. The second kappa shape index (κ2) is 6.50. The summed E-state index contributed by atoms with van der Waals surface area (Å²) >= 11 is 1.24. The zero-order valence-electron chi connectivity index (χ0n) is 12.0. The number of hydrogen-bond acceptors (Lipinski definition) is 5. The van der Waals surface area contributed by atoms with Crippen LogP contribution in [0.25, 0.3) is 0 Å². The average molecular weight is 324 g/mol. The van der Waals surface area contributed by atoms with Crippen molar-refractivity contribution >= 4 is 35.0 Å². The van der Waals surface area contributed by atoms with Gasteiger partial charge in [-0.1, -0.05) is 23.9 Å². The van der Waals surface area contributed by atoms with Gasteiger partial charge in [0.15, 0.2) is 0 Å². The van der Waals surface area contributed by atoms with E-state index in [1.807, 2.05) is 12.1 Å². The first-order valence-electron chi connectivity index (χ1n) is 6.85. The minimum atomic E-state index is -0.216. The van der Waals surface area contributed by atoms with Crippen LogP contribution in [-0.2, 0) is 9.59 Å². The summed E-state index contributed by atoms with van der Waals surface area (Å²) in [5.74, 6) is -0.253. The number of anilines is 2. The Kier molecular flexibility index (Phi) is 4.26. The van der Waals surface area contributed by atoms with Gasteiger partial charge in [0.05, 0.1) is 33.8 Å². The van der Waals surface area contributed by atoms with Gasteiger partial charge in [-0.3, -0.25) is 9.59 Å². The molecule has 114 valence electrons. The van der Waals surface area contributed by atoms with Crippen molar-refractivity contribution in [3.05, 3.63) is 48.2 Å². The Hall–Kier alpha value is -2.85. The summed E-state index contributed by atoms with van der Waals surface area (Å²) in [4.78, 5) is 29.8. The van der Waals surface area contributed by atoms with Crippen LogP contribution in [0.1, 0.15) is 5.56 Å². The fourth-order valence-electron chi connectivity index (χ4n) is 2.23. The highest BCUT2D eigenvalue weighted by molar-refractivity contribution is 7.99. The summed E-state index contributed by atoms with van der Waals surface area (Å²) in [6.07, 6.45) is 1.54. The molecular weight excluding hydrogens is 312 g/mol. The molecule has 1 aromatic carbocycles. The van der Waals surface area contributed by atoms with Gasteiger partial charge in [0.2, 0.25) is 11.8 Å². The lowest BCUT2D eigenvalue weighted by Gasteiger charge is -2.29. The highest BCUT2D eigenvalue weighted by Crippen LogP contribution is 2.29. The molecule has 2 heterocycles. The van der Waals surface area contributed by atoms with Gasteiger partial charge in [0.25, 0.3) is 0 Å². The molecule has 1 aliphatic heterocycles. The van der Waals surface area contributed by atoms with Crippen LogP contribution in [0.5, 0.6) is 0 Å². The van der Waals surface area contributed by atoms with Crippen LogP contribution in [0, 0.1) is 11.3 Å². The molecule has 3 rings (SSSR count). The van der Waals surface area contributed by atoms with E-state index >= 15 is 0 Å². The largest absolute Gasteiger partial charge is 0.323 e. The Balaban J connectivity index is 1.73. The molecule has 23 heavy (non-hydrogen) atoms. The number of aromatic nitrogens is 1. The van der Waals surface area contributed by atoms with Crippen LogP contribution in [0.2, 0.25) is 0 Å². The molecule has 0 unspecified atom stereocenters. The molecule has 2 aromatic rings. The molecule has 0 radical (unpaired) electrons. The number of nitrogens with zero attached hydrogens (tertiary/aromatic N) is 3. The van der Waals surface area contributed by atoms with Crippen LogP contribution >= 0.6 is 11.8 Å². The maximum atomic E-state index is 12.5. The van der Waals surface area contributed by atoms with E-state index in [1.165, 1.54) is 22.9 Å². The molecule has 6 nitrogen and oxygen atoms in total. The summed E-state index contributed by atoms with van der Waals surface area (Å²) in [6.45, 7) is 0.00205. The first-order valence-corrected chi connectivity index (χ1v) is 7.84. The van der Waals surface area contributed by atoms with E-state index < -0.39 is 0 Å². The van der Waals surface area contributed by atoms with Gasteiger partial charge < -0.3 is 10.2 Å². The standard InChI is InChI=1S/C16H12N4O2S/c17-8-11-5-6-18-15(7-11)23-10-16(22)20-9-14(21)19-12-3-1-2-4-13(12)20/h1-7H,9-10H2,(H,19,21). The van der Waals surface area contributed by atoms with E-state index in [9.17, 15) is 9.59 Å². The molecule has 0 aliphatic carbocycles. The maximum Gasteiger partial charge on any atom is 0.244 e. The molecule has 0 bridgehead atoms. The van der Waals surface area contributed by atoms with Crippen LogP contribution in [0.4, 0.5) is 11.4 Å². The summed E-state index contributed by atoms with van der Waals surface area (Å²) in [6, 6.07) is 12.5.